The lowest BCUT2D eigenvalue weighted by molar-refractivity contribution is 0.277. The summed E-state index contributed by atoms with van der Waals surface area (Å²) in [5.41, 5.74) is 1.42. The van der Waals surface area contributed by atoms with Crippen LogP contribution in [-0.2, 0) is 6.54 Å². The van der Waals surface area contributed by atoms with E-state index in [1.165, 1.54) is 37.9 Å². The third kappa shape index (κ3) is 2.62. The molecule has 0 bridgehead atoms. The van der Waals surface area contributed by atoms with Gasteiger partial charge >= 0.3 is 0 Å². The van der Waals surface area contributed by atoms with E-state index in [4.69, 9.17) is 0 Å². The molecule has 0 unspecified atom stereocenters. The van der Waals surface area contributed by atoms with E-state index in [1.807, 2.05) is 0 Å². The van der Waals surface area contributed by atoms with Gasteiger partial charge in [0, 0.05) is 19.6 Å². The van der Waals surface area contributed by atoms with Crippen LogP contribution in [-0.4, -0.2) is 44.0 Å². The molecule has 4 aromatic carbocycles. The normalized spacial score (nSPS) is 12.4. The third-order valence-electron chi connectivity index (χ3n) is 4.99. The van der Waals surface area contributed by atoms with E-state index >= 15 is 0 Å². The summed E-state index contributed by atoms with van der Waals surface area (Å²) in [6.45, 7) is 3.15. The van der Waals surface area contributed by atoms with Gasteiger partial charge < -0.3 is 9.80 Å². The van der Waals surface area contributed by atoms with Crippen LogP contribution in [0.3, 0.4) is 0 Å². The molecule has 0 saturated carbocycles. The SMILES string of the molecule is CN(C)CCN(C)Cc1ccc2ccc3cccc4ccc1c2c34. The average Bonchev–Trinajstić information content (AvgIpc) is 2.59. The van der Waals surface area contributed by atoms with Crippen molar-refractivity contribution in [2.45, 2.75) is 6.54 Å². The van der Waals surface area contributed by atoms with Crippen molar-refractivity contribution in [3.8, 4) is 0 Å². The summed E-state index contributed by atoms with van der Waals surface area (Å²) in [6, 6.07) is 20.2. The Bertz CT molecular complexity index is 971. The standard InChI is InChI=1S/C22H24N2/c1-23(2)13-14-24(3)15-19-10-9-18-8-7-16-5-4-6-17-11-12-20(19)22(18)21(16)17/h4-12H,13-15H2,1-3H3. The summed E-state index contributed by atoms with van der Waals surface area (Å²) in [7, 11) is 6.47. The fourth-order valence-corrected chi connectivity index (χ4v) is 3.67. The van der Waals surface area contributed by atoms with Crippen LogP contribution >= 0.6 is 0 Å². The first-order valence-electron chi connectivity index (χ1n) is 8.62. The van der Waals surface area contributed by atoms with Crippen LogP contribution in [0.25, 0.3) is 32.3 Å². The first-order chi connectivity index (χ1) is 11.6. The molecule has 0 radical (unpaired) electrons. The van der Waals surface area contributed by atoms with Crippen molar-refractivity contribution in [3.05, 3.63) is 60.2 Å². The molecule has 0 aliphatic heterocycles. The van der Waals surface area contributed by atoms with Crippen molar-refractivity contribution in [2.75, 3.05) is 34.2 Å². The lowest BCUT2D eigenvalue weighted by Crippen LogP contribution is -2.28. The van der Waals surface area contributed by atoms with Gasteiger partial charge in [0.25, 0.3) is 0 Å². The second kappa shape index (κ2) is 6.04. The van der Waals surface area contributed by atoms with Gasteiger partial charge in [-0.2, -0.15) is 0 Å². The predicted octanol–water partition coefficient (Wildman–Crippen LogP) is 4.58. The minimum Gasteiger partial charge on any atom is -0.308 e. The minimum atomic E-state index is 0.988. The van der Waals surface area contributed by atoms with Crippen molar-refractivity contribution in [1.29, 1.82) is 0 Å². The Hall–Kier alpha value is -2.16. The highest BCUT2D eigenvalue weighted by Gasteiger charge is 2.11. The summed E-state index contributed by atoms with van der Waals surface area (Å²) < 4.78 is 0. The van der Waals surface area contributed by atoms with Crippen molar-refractivity contribution >= 4 is 32.3 Å². The van der Waals surface area contributed by atoms with E-state index in [-0.39, 0.29) is 0 Å². The zero-order valence-electron chi connectivity index (χ0n) is 14.7. The Morgan fingerprint density at radius 1 is 0.667 bits per heavy atom. The molecule has 2 nitrogen and oxygen atoms in total. The van der Waals surface area contributed by atoms with Gasteiger partial charge in [0.05, 0.1) is 0 Å². The van der Waals surface area contributed by atoms with Gasteiger partial charge in [0.15, 0.2) is 0 Å². The van der Waals surface area contributed by atoms with Gasteiger partial charge in [-0.05, 0) is 59.0 Å². The smallest absolute Gasteiger partial charge is 0.0237 e. The summed E-state index contributed by atoms with van der Waals surface area (Å²) in [4.78, 5) is 4.65. The van der Waals surface area contributed by atoms with Gasteiger partial charge in [-0.15, -0.1) is 0 Å². The Morgan fingerprint density at radius 3 is 2.00 bits per heavy atom. The van der Waals surface area contributed by atoms with Crippen LogP contribution in [0.15, 0.2) is 54.6 Å². The maximum Gasteiger partial charge on any atom is 0.0237 e. The maximum absolute atomic E-state index is 2.41. The van der Waals surface area contributed by atoms with Crippen LogP contribution in [0.1, 0.15) is 5.56 Å². The topological polar surface area (TPSA) is 6.48 Å². The van der Waals surface area contributed by atoms with Crippen molar-refractivity contribution < 1.29 is 0 Å². The van der Waals surface area contributed by atoms with Gasteiger partial charge in [0.2, 0.25) is 0 Å². The first-order valence-corrected chi connectivity index (χ1v) is 8.62. The number of hydrogen-bond acceptors (Lipinski definition) is 2. The molecule has 4 rings (SSSR count). The Balaban J connectivity index is 1.82. The highest BCUT2D eigenvalue weighted by molar-refractivity contribution is 6.23. The lowest BCUT2D eigenvalue weighted by atomic mass is 9.92. The predicted molar refractivity (Wildman–Crippen MR) is 105 cm³/mol. The van der Waals surface area contributed by atoms with E-state index in [9.17, 15) is 0 Å². The van der Waals surface area contributed by atoms with Crippen LogP contribution in [0.4, 0.5) is 0 Å². The highest BCUT2D eigenvalue weighted by atomic mass is 15.1. The number of benzene rings is 4. The summed E-state index contributed by atoms with van der Waals surface area (Å²) >= 11 is 0. The first kappa shape index (κ1) is 15.4. The number of rotatable bonds is 5. The Kier molecular flexibility index (Phi) is 3.87. The molecule has 4 aromatic rings. The maximum atomic E-state index is 2.41. The molecular formula is C22H24N2. The summed E-state index contributed by atoms with van der Waals surface area (Å²) in [5, 5.41) is 8.24. The number of likely N-dealkylation sites (N-methyl/N-ethyl adjacent to an activating group) is 2. The summed E-state index contributed by atoms with van der Waals surface area (Å²) in [6.07, 6.45) is 0. The van der Waals surface area contributed by atoms with Crippen LogP contribution in [0.5, 0.6) is 0 Å². The van der Waals surface area contributed by atoms with Crippen molar-refractivity contribution in [3.63, 3.8) is 0 Å². The lowest BCUT2D eigenvalue weighted by Gasteiger charge is -2.21. The highest BCUT2D eigenvalue weighted by Crippen LogP contribution is 2.36. The molecule has 0 atom stereocenters. The Morgan fingerprint density at radius 2 is 1.29 bits per heavy atom. The Labute approximate surface area is 143 Å². The van der Waals surface area contributed by atoms with E-state index in [1.54, 1.807) is 0 Å². The molecule has 0 amide bonds. The fraction of sp³-hybridized carbons (Fsp3) is 0.273. The van der Waals surface area contributed by atoms with Crippen LogP contribution < -0.4 is 0 Å². The van der Waals surface area contributed by atoms with E-state index in [0.29, 0.717) is 0 Å². The molecule has 0 spiro atoms. The molecule has 0 N–H and O–H groups in total. The zero-order valence-corrected chi connectivity index (χ0v) is 14.7. The molecule has 24 heavy (non-hydrogen) atoms. The molecule has 0 saturated heterocycles. The molecule has 2 heteroatoms. The zero-order chi connectivity index (χ0) is 16.7. The van der Waals surface area contributed by atoms with Gasteiger partial charge in [-0.1, -0.05) is 54.6 Å². The van der Waals surface area contributed by atoms with E-state index in [2.05, 4.69) is 85.5 Å². The summed E-state index contributed by atoms with van der Waals surface area (Å²) in [5.74, 6) is 0. The number of hydrogen-bond donors (Lipinski definition) is 0. The molecule has 0 heterocycles. The molecule has 0 fully saturated rings. The third-order valence-corrected chi connectivity index (χ3v) is 4.99. The quantitative estimate of drug-likeness (QED) is 0.497. The number of nitrogens with zero attached hydrogens (tertiary/aromatic N) is 2. The van der Waals surface area contributed by atoms with E-state index in [0.717, 1.165) is 19.6 Å². The average molecular weight is 316 g/mol. The molecular weight excluding hydrogens is 292 g/mol. The molecule has 0 aromatic heterocycles. The molecule has 0 aliphatic carbocycles. The second-order valence-corrected chi connectivity index (χ2v) is 7.12. The van der Waals surface area contributed by atoms with Crippen LogP contribution in [0, 0.1) is 0 Å². The fourth-order valence-electron chi connectivity index (χ4n) is 3.67. The largest absolute Gasteiger partial charge is 0.308 e. The van der Waals surface area contributed by atoms with Crippen LogP contribution in [0.2, 0.25) is 0 Å². The van der Waals surface area contributed by atoms with Crippen molar-refractivity contribution in [1.82, 2.24) is 9.80 Å². The van der Waals surface area contributed by atoms with E-state index < -0.39 is 0 Å². The van der Waals surface area contributed by atoms with Gasteiger partial charge in [-0.3, -0.25) is 0 Å². The minimum absolute atomic E-state index is 0.988. The van der Waals surface area contributed by atoms with Gasteiger partial charge in [0.1, 0.15) is 0 Å². The molecule has 0 aliphatic rings. The van der Waals surface area contributed by atoms with Crippen molar-refractivity contribution in [2.24, 2.45) is 0 Å². The van der Waals surface area contributed by atoms with Gasteiger partial charge in [-0.25, -0.2) is 0 Å². The monoisotopic (exact) mass is 316 g/mol. The molecule has 122 valence electrons. The second-order valence-electron chi connectivity index (χ2n) is 7.12.